The van der Waals surface area contributed by atoms with Crippen LogP contribution in [0.2, 0.25) is 0 Å². The summed E-state index contributed by atoms with van der Waals surface area (Å²) in [6, 6.07) is 37.3. The van der Waals surface area contributed by atoms with Crippen LogP contribution in [0.15, 0.2) is 164 Å². The SMILES string of the molecule is [2H]c1c([2H])c([2H])c(-c2cc(C(C)(C)C)cc(-c3cccc(C(C)(C)C)c3)c2N2[CH-]N(c3[c-]c(Oc4[c-]c5c(cc4)c4c([2H])c([2H])c([2H])c([2H])c4n5-c4cc(C(C)(C)C)ccn4)ccc3)c3ccccc32)c([2H])c1[2H].[Pt]. The van der Waals surface area contributed by atoms with Gasteiger partial charge >= 0.3 is 0 Å². The van der Waals surface area contributed by atoms with E-state index in [9.17, 15) is 2.74 Å². The fraction of sp³-hybridized carbons (Fsp3) is 0.200. The molecule has 0 bridgehead atoms. The Morgan fingerprint density at radius 3 is 1.92 bits per heavy atom. The zero-order valence-electron chi connectivity index (χ0n) is 47.5. The summed E-state index contributed by atoms with van der Waals surface area (Å²) in [7, 11) is 0. The molecule has 0 fully saturated rings. The van der Waals surface area contributed by atoms with E-state index in [2.05, 4.69) is 98.7 Å². The van der Waals surface area contributed by atoms with Gasteiger partial charge in [-0.3, -0.25) is 0 Å². The van der Waals surface area contributed by atoms with Crippen molar-refractivity contribution < 1.29 is 38.1 Å². The van der Waals surface area contributed by atoms with Gasteiger partial charge in [-0.2, -0.15) is 12.1 Å². The summed E-state index contributed by atoms with van der Waals surface area (Å²) in [5, 5.41) is 0.914. The molecular weight excluding hydrogens is 988 g/mol. The molecule has 66 heavy (non-hydrogen) atoms. The van der Waals surface area contributed by atoms with Gasteiger partial charge in [0.25, 0.3) is 0 Å². The van der Waals surface area contributed by atoms with Gasteiger partial charge in [0, 0.05) is 72.5 Å². The second-order valence-corrected chi connectivity index (χ2v) is 19.6. The summed E-state index contributed by atoms with van der Waals surface area (Å²) in [6.45, 7) is 21.0. The molecule has 3 heterocycles. The molecule has 1 aliphatic heterocycles. The van der Waals surface area contributed by atoms with Crippen molar-refractivity contribution in [1.82, 2.24) is 9.55 Å². The van der Waals surface area contributed by atoms with Crippen LogP contribution in [0.25, 0.3) is 49.9 Å². The zero-order valence-corrected chi connectivity index (χ0v) is 40.8. The van der Waals surface area contributed by atoms with Crippen LogP contribution in [0, 0.1) is 18.8 Å². The molecule has 5 nitrogen and oxygen atoms in total. The van der Waals surface area contributed by atoms with E-state index in [-0.39, 0.29) is 79.2 Å². The molecule has 7 aromatic carbocycles. The Morgan fingerprint density at radius 1 is 0.561 bits per heavy atom. The Kier molecular flexibility index (Phi) is 9.03. The monoisotopic (exact) mass is 1050 g/mol. The summed E-state index contributed by atoms with van der Waals surface area (Å²) in [6.07, 6.45) is 1.71. The van der Waals surface area contributed by atoms with Crippen LogP contribution in [-0.2, 0) is 37.3 Å². The van der Waals surface area contributed by atoms with Gasteiger partial charge < -0.3 is 19.1 Å². The third kappa shape index (κ3) is 8.35. The first kappa shape index (κ1) is 34.9. The van der Waals surface area contributed by atoms with Crippen molar-refractivity contribution >= 4 is 44.6 Å². The smallest absolute Gasteiger partial charge is 0.135 e. The second kappa shape index (κ2) is 17.1. The van der Waals surface area contributed by atoms with Gasteiger partial charge in [0.2, 0.25) is 0 Å². The topological polar surface area (TPSA) is 33.5 Å². The van der Waals surface area contributed by atoms with E-state index >= 15 is 0 Å². The molecular formula is C60H55N4OPt-3. The third-order valence-electron chi connectivity index (χ3n) is 12.0. The number of nitrogens with zero attached hydrogens (tertiary/aromatic N) is 4. The molecule has 0 aliphatic carbocycles. The average Bonchev–Trinajstić information content (AvgIpc) is 3.96. The third-order valence-corrected chi connectivity index (χ3v) is 12.0. The van der Waals surface area contributed by atoms with Crippen LogP contribution in [0.3, 0.4) is 0 Å². The number of para-hydroxylation sites is 3. The maximum absolute atomic E-state index is 9.32. The van der Waals surface area contributed by atoms with Crippen molar-refractivity contribution in [3.05, 3.63) is 199 Å². The van der Waals surface area contributed by atoms with Crippen LogP contribution in [0.4, 0.5) is 22.7 Å². The van der Waals surface area contributed by atoms with Gasteiger partial charge in [-0.15, -0.1) is 48.1 Å². The molecule has 9 aromatic rings. The van der Waals surface area contributed by atoms with Crippen LogP contribution < -0.4 is 14.5 Å². The summed E-state index contributed by atoms with van der Waals surface area (Å²) in [5.41, 5.74) is 8.09. The maximum Gasteiger partial charge on any atom is 0.135 e. The molecule has 334 valence electrons. The Labute approximate surface area is 417 Å². The first-order valence-corrected chi connectivity index (χ1v) is 21.9. The molecule has 0 spiro atoms. The molecule has 0 atom stereocenters. The maximum atomic E-state index is 9.32. The molecule has 0 N–H and O–H groups in total. The van der Waals surface area contributed by atoms with Crippen LogP contribution in [0.5, 0.6) is 11.5 Å². The van der Waals surface area contributed by atoms with Crippen LogP contribution >= 0.6 is 0 Å². The van der Waals surface area contributed by atoms with Crippen molar-refractivity contribution in [3.63, 3.8) is 0 Å². The molecule has 10 rings (SSSR count). The molecule has 0 unspecified atom stereocenters. The first-order valence-electron chi connectivity index (χ1n) is 26.4. The largest absolute Gasteiger partial charge is 0.509 e. The van der Waals surface area contributed by atoms with Gasteiger partial charge in [-0.1, -0.05) is 153 Å². The molecule has 0 amide bonds. The quantitative estimate of drug-likeness (QED) is 0.149. The van der Waals surface area contributed by atoms with Gasteiger partial charge in [-0.25, -0.2) is 4.98 Å². The van der Waals surface area contributed by atoms with Crippen molar-refractivity contribution in [1.29, 1.82) is 0 Å². The van der Waals surface area contributed by atoms with Crippen molar-refractivity contribution in [3.8, 4) is 39.6 Å². The minimum absolute atomic E-state index is 0. The van der Waals surface area contributed by atoms with Gasteiger partial charge in [0.1, 0.15) is 5.82 Å². The van der Waals surface area contributed by atoms with E-state index in [4.69, 9.17) is 19.3 Å². The minimum Gasteiger partial charge on any atom is -0.509 e. The van der Waals surface area contributed by atoms with E-state index in [0.717, 1.165) is 39.2 Å². The van der Waals surface area contributed by atoms with Gasteiger partial charge in [0.05, 0.1) is 12.3 Å². The predicted octanol–water partition coefficient (Wildman–Crippen LogP) is 16.2. The van der Waals surface area contributed by atoms with Crippen molar-refractivity contribution in [2.24, 2.45) is 0 Å². The molecule has 6 heteroatoms. The van der Waals surface area contributed by atoms with Crippen molar-refractivity contribution in [2.75, 3.05) is 9.80 Å². The Hall–Kier alpha value is -6.42. The number of benzene rings is 7. The first-order chi connectivity index (χ1) is 34.8. The van der Waals surface area contributed by atoms with E-state index in [1.807, 2.05) is 77.1 Å². The second-order valence-electron chi connectivity index (χ2n) is 19.6. The minimum atomic E-state index is -0.463. The van der Waals surface area contributed by atoms with E-state index in [0.29, 0.717) is 50.5 Å². The summed E-state index contributed by atoms with van der Waals surface area (Å²) in [4.78, 5) is 8.74. The number of aromatic nitrogens is 2. The summed E-state index contributed by atoms with van der Waals surface area (Å²) >= 11 is 0. The number of rotatable bonds is 7. The Morgan fingerprint density at radius 2 is 1.20 bits per heavy atom. The summed E-state index contributed by atoms with van der Waals surface area (Å²) < 4.78 is 88.3. The number of fused-ring (bicyclic) bond motifs is 4. The normalized spacial score (nSPS) is 14.9. The molecule has 0 radical (unpaired) electrons. The molecule has 0 saturated carbocycles. The molecule has 2 aromatic heterocycles. The number of hydrogen-bond acceptors (Lipinski definition) is 4. The predicted molar refractivity (Wildman–Crippen MR) is 271 cm³/mol. The Balaban J connectivity index is 0.00000689. The van der Waals surface area contributed by atoms with Crippen molar-refractivity contribution in [2.45, 2.75) is 78.6 Å². The van der Waals surface area contributed by atoms with Crippen LogP contribution in [-0.4, -0.2) is 9.55 Å². The zero-order chi connectivity index (χ0) is 53.1. The van der Waals surface area contributed by atoms with E-state index < -0.39 is 23.5 Å². The Bertz CT molecular complexity index is 3750. The number of ether oxygens (including phenoxy) is 1. The molecule has 0 saturated heterocycles. The average molecular weight is 1050 g/mol. The van der Waals surface area contributed by atoms with E-state index in [1.54, 1.807) is 29.0 Å². The standard InChI is InChI=1S/C60H55N4O.Pt/c1-58(2,3)42-22-17-21-41(33-42)51-35-44(60(7,8)9)34-50(40-19-11-10-12-20-40)57(51)63-39-62(53-27-15-16-28-54(53)63)45-23-18-24-46(37-45)65-47-29-30-49-48-25-13-14-26-52(48)64(55(49)38-47)56-36-43(31-32-61-56)59(4,5)6;/h10-36,39H,1-9H3;/q-3;/i10D,11D,12D,13D,14D,19D,20D,25D,26D;. The van der Waals surface area contributed by atoms with E-state index in [1.165, 1.54) is 0 Å². The van der Waals surface area contributed by atoms with Gasteiger partial charge in [0.15, 0.2) is 0 Å². The number of anilines is 4. The molecule has 1 aliphatic rings. The number of hydrogen-bond donors (Lipinski definition) is 0. The van der Waals surface area contributed by atoms with Crippen LogP contribution in [0.1, 0.15) is 91.3 Å². The van der Waals surface area contributed by atoms with Gasteiger partial charge in [-0.05, 0) is 91.9 Å². The number of pyridine rings is 1. The fourth-order valence-corrected chi connectivity index (χ4v) is 8.43. The fourth-order valence-electron chi connectivity index (χ4n) is 8.43. The summed E-state index contributed by atoms with van der Waals surface area (Å²) in [5.74, 6) is 1.15.